The molecule has 0 aromatic carbocycles. The van der Waals surface area contributed by atoms with Crippen LogP contribution in [0.25, 0.3) is 0 Å². The predicted molar refractivity (Wildman–Crippen MR) is 24.4 cm³/mol. The summed E-state index contributed by atoms with van der Waals surface area (Å²) in [5.74, 6) is 0. The fourth-order valence-electron chi connectivity index (χ4n) is 0. The van der Waals surface area contributed by atoms with Crippen LogP contribution in [0.1, 0.15) is 0 Å². The Morgan fingerprint density at radius 3 is 1.00 bits per heavy atom. The zero-order chi connectivity index (χ0) is 4.50. The van der Waals surface area contributed by atoms with Crippen LogP contribution in [0, 0.1) is 0 Å². The topological polar surface area (TPSA) is 63.2 Å². The molecule has 10 heavy (non-hydrogen) atoms. The Balaban J connectivity index is -0.00000000800. The molecule has 40 valence electrons. The molecule has 10 heteroatoms. The SMILES string of the molecule is O=S([O-])([O-])=S.[K+].[K+].[K+].[K+].[S-2]. The van der Waals surface area contributed by atoms with E-state index in [4.69, 9.17) is 13.3 Å². The molecule has 0 bridgehead atoms. The standard InChI is InChI=1S/4K.H2O3S2.S/c;;;;1-5(2,3)4;/h;;;;(H2,1,2,3,4);/q4*+1;;-2/p-2. The Labute approximate surface area is 243 Å². The average Bonchev–Trinajstić information content (AvgIpc) is 0.722. The second-order valence-corrected chi connectivity index (χ2v) is 2.45. The predicted octanol–water partition coefficient (Wildman–Crippen LogP) is -13.0. The smallest absolute Gasteiger partial charge is 1.00 e. The largest absolute Gasteiger partial charge is 2.00 e. The van der Waals surface area contributed by atoms with Crippen LogP contribution in [0.2, 0.25) is 0 Å². The van der Waals surface area contributed by atoms with Gasteiger partial charge in [0.1, 0.15) is 0 Å². The second kappa shape index (κ2) is 21.5. The summed E-state index contributed by atoms with van der Waals surface area (Å²) in [5.41, 5.74) is 0. The van der Waals surface area contributed by atoms with E-state index in [0.29, 0.717) is 0 Å². The second-order valence-electron chi connectivity index (χ2n) is 0.408. The van der Waals surface area contributed by atoms with Gasteiger partial charge >= 0.3 is 206 Å². The molecule has 0 aliphatic rings. The first kappa shape index (κ1) is 36.0. The van der Waals surface area contributed by atoms with Crippen LogP contribution in [0.15, 0.2) is 0 Å². The van der Waals surface area contributed by atoms with Crippen LogP contribution in [0.4, 0.5) is 0 Å². The normalized spacial score (nSPS) is 5.80. The van der Waals surface area contributed by atoms with E-state index in [1.807, 2.05) is 0 Å². The molecule has 0 radical (unpaired) electrons. The van der Waals surface area contributed by atoms with Crippen LogP contribution < -0.4 is 206 Å². The van der Waals surface area contributed by atoms with Gasteiger partial charge in [-0.1, -0.05) is 0 Å². The van der Waals surface area contributed by atoms with E-state index in [0.717, 1.165) is 0 Å². The molecule has 0 saturated heterocycles. The van der Waals surface area contributed by atoms with E-state index in [1.165, 1.54) is 0 Å². The van der Waals surface area contributed by atoms with Crippen LogP contribution in [-0.2, 0) is 33.7 Å². The average molecular weight is 301 g/mol. The first-order chi connectivity index (χ1) is 2.00. The Morgan fingerprint density at radius 2 is 1.00 bits per heavy atom. The number of hydrogen-bond donors (Lipinski definition) is 0. The first-order valence-electron chi connectivity index (χ1n) is 0.667. The number of rotatable bonds is 0. The van der Waals surface area contributed by atoms with Crippen LogP contribution in [0.5, 0.6) is 0 Å². The summed E-state index contributed by atoms with van der Waals surface area (Å²) in [6.45, 7) is 0. The minimum atomic E-state index is -4.33. The van der Waals surface area contributed by atoms with E-state index < -0.39 is 9.05 Å². The van der Waals surface area contributed by atoms with Gasteiger partial charge in [0.25, 0.3) is 0 Å². The summed E-state index contributed by atoms with van der Waals surface area (Å²) in [5, 5.41) is 0. The van der Waals surface area contributed by atoms with E-state index in [-0.39, 0.29) is 219 Å². The third kappa shape index (κ3) is 59.2. The van der Waals surface area contributed by atoms with Crippen molar-refractivity contribution in [2.24, 2.45) is 0 Å². The quantitative estimate of drug-likeness (QED) is 0.417. The van der Waals surface area contributed by atoms with Crippen molar-refractivity contribution in [2.45, 2.75) is 0 Å². The molecule has 0 N–H and O–H groups in total. The maximum atomic E-state index is 8.89. The van der Waals surface area contributed by atoms with Crippen molar-refractivity contribution in [1.29, 1.82) is 0 Å². The molecule has 0 aromatic heterocycles. The van der Waals surface area contributed by atoms with Crippen molar-refractivity contribution in [2.75, 3.05) is 0 Å². The molecule has 0 aliphatic carbocycles. The summed E-state index contributed by atoms with van der Waals surface area (Å²) >= 11 is 3.24. The molecule has 0 unspecified atom stereocenters. The number of hydrogen-bond acceptors (Lipinski definition) is 4. The molecule has 0 amide bonds. The van der Waals surface area contributed by atoms with Gasteiger partial charge < -0.3 is 22.6 Å². The van der Waals surface area contributed by atoms with Crippen molar-refractivity contribution in [1.82, 2.24) is 0 Å². The van der Waals surface area contributed by atoms with Gasteiger partial charge in [0.2, 0.25) is 0 Å². The summed E-state index contributed by atoms with van der Waals surface area (Å²) in [4.78, 5) is 0. The van der Waals surface area contributed by atoms with Crippen LogP contribution >= 0.6 is 0 Å². The molecular formula is K4O3S3. The van der Waals surface area contributed by atoms with Crippen molar-refractivity contribution >= 4 is 33.7 Å². The van der Waals surface area contributed by atoms with Crippen molar-refractivity contribution in [3.63, 3.8) is 0 Å². The Morgan fingerprint density at radius 1 is 1.00 bits per heavy atom. The monoisotopic (exact) mass is 300 g/mol. The fraction of sp³-hybridized carbons (Fsp3) is 0. The van der Waals surface area contributed by atoms with E-state index in [2.05, 4.69) is 11.2 Å². The minimum Gasteiger partial charge on any atom is -2.00 e. The van der Waals surface area contributed by atoms with Gasteiger partial charge in [0, 0.05) is 0 Å². The molecular weight excluding hydrogens is 301 g/mol. The Hall–Kier alpha value is 7.19. The molecule has 0 aromatic rings. The van der Waals surface area contributed by atoms with Crippen LogP contribution in [0.3, 0.4) is 0 Å². The van der Waals surface area contributed by atoms with Gasteiger partial charge in [-0.05, 0) is 11.2 Å². The summed E-state index contributed by atoms with van der Waals surface area (Å²) in [6.07, 6.45) is 0. The molecule has 0 fully saturated rings. The molecule has 0 aliphatic heterocycles. The molecule has 0 saturated carbocycles. The molecule has 3 nitrogen and oxygen atoms in total. The van der Waals surface area contributed by atoms with Crippen molar-refractivity contribution < 1.29 is 219 Å². The maximum Gasteiger partial charge on any atom is 1.00 e. The Bertz CT molecular complexity index is 98.9. The van der Waals surface area contributed by atoms with Crippen molar-refractivity contribution in [3.8, 4) is 0 Å². The molecule has 0 atom stereocenters. The van der Waals surface area contributed by atoms with Gasteiger partial charge in [0.15, 0.2) is 0 Å². The minimum absolute atomic E-state index is 0. The van der Waals surface area contributed by atoms with Gasteiger partial charge in [-0.25, -0.2) is 0 Å². The summed E-state index contributed by atoms with van der Waals surface area (Å²) in [6, 6.07) is 0. The zero-order valence-electron chi connectivity index (χ0n) is 6.45. The fourth-order valence-corrected chi connectivity index (χ4v) is 0. The van der Waals surface area contributed by atoms with Gasteiger partial charge in [-0.2, -0.15) is 0 Å². The molecule has 0 spiro atoms. The molecule has 0 heterocycles. The molecule has 0 rings (SSSR count). The third-order valence-electron chi connectivity index (χ3n) is 0. The van der Waals surface area contributed by atoms with Crippen molar-refractivity contribution in [3.05, 3.63) is 0 Å². The summed E-state index contributed by atoms with van der Waals surface area (Å²) in [7, 11) is -4.33. The van der Waals surface area contributed by atoms with Crippen LogP contribution in [-0.4, -0.2) is 13.3 Å². The van der Waals surface area contributed by atoms with E-state index in [9.17, 15) is 0 Å². The zero-order valence-corrected chi connectivity index (χ0v) is 21.4. The van der Waals surface area contributed by atoms with E-state index >= 15 is 0 Å². The third-order valence-corrected chi connectivity index (χ3v) is 0. The Kier molecular flexibility index (Phi) is 77.2. The van der Waals surface area contributed by atoms with E-state index in [1.54, 1.807) is 0 Å². The maximum absolute atomic E-state index is 8.89. The van der Waals surface area contributed by atoms with Gasteiger partial charge in [-0.3, -0.25) is 4.21 Å². The van der Waals surface area contributed by atoms with Gasteiger partial charge in [0.05, 0.1) is 0 Å². The first-order valence-corrected chi connectivity index (χ1v) is 3.00. The van der Waals surface area contributed by atoms with Gasteiger partial charge in [-0.15, -0.1) is 9.05 Å². The summed E-state index contributed by atoms with van der Waals surface area (Å²) < 4.78 is 26.7.